The van der Waals surface area contributed by atoms with Gasteiger partial charge in [0.25, 0.3) is 0 Å². The van der Waals surface area contributed by atoms with E-state index in [9.17, 15) is 13.2 Å². The number of Topliss-reactive ketones (excluding diaryl/α,β-unsaturated/α-hetero) is 1. The number of fused-ring (bicyclic) bond motifs is 1. The van der Waals surface area contributed by atoms with E-state index in [0.717, 1.165) is 0 Å². The van der Waals surface area contributed by atoms with Crippen molar-refractivity contribution < 1.29 is 13.2 Å². The Morgan fingerprint density at radius 1 is 0.931 bits per heavy atom. The standard InChI is InChI=1S/C22H13ClN2O3S/c23-17-9-7-16(8-10-17)22(26)21-14-25(18-11-5-15(13-24)6-12-18)19-3-1-2-4-20(19)29(21,27)28/h1-12,14H. The molecule has 0 fully saturated rings. The number of anilines is 2. The summed E-state index contributed by atoms with van der Waals surface area (Å²) in [5.41, 5.74) is 1.77. The molecular formula is C22H13ClN2O3S. The lowest BCUT2D eigenvalue weighted by Gasteiger charge is -2.28. The lowest BCUT2D eigenvalue weighted by Crippen LogP contribution is -2.25. The number of nitriles is 1. The fourth-order valence-corrected chi connectivity index (χ4v) is 4.76. The highest BCUT2D eigenvalue weighted by Crippen LogP contribution is 2.40. The molecule has 0 aliphatic carbocycles. The van der Waals surface area contributed by atoms with E-state index in [1.165, 1.54) is 36.5 Å². The van der Waals surface area contributed by atoms with Gasteiger partial charge < -0.3 is 4.90 Å². The average Bonchev–Trinajstić information content (AvgIpc) is 2.74. The quantitative estimate of drug-likeness (QED) is 0.565. The van der Waals surface area contributed by atoms with E-state index in [1.807, 2.05) is 6.07 Å². The van der Waals surface area contributed by atoms with Gasteiger partial charge in [-0.3, -0.25) is 4.79 Å². The van der Waals surface area contributed by atoms with Gasteiger partial charge in [-0.25, -0.2) is 8.42 Å². The predicted octanol–water partition coefficient (Wildman–Crippen LogP) is 4.86. The Morgan fingerprint density at radius 3 is 2.24 bits per heavy atom. The van der Waals surface area contributed by atoms with Crippen LogP contribution in [0.4, 0.5) is 11.4 Å². The maximum Gasteiger partial charge on any atom is 0.214 e. The van der Waals surface area contributed by atoms with Crippen LogP contribution in [-0.2, 0) is 9.84 Å². The fourth-order valence-electron chi connectivity index (χ4n) is 3.09. The van der Waals surface area contributed by atoms with Crippen molar-refractivity contribution in [2.75, 3.05) is 4.90 Å². The summed E-state index contributed by atoms with van der Waals surface area (Å²) < 4.78 is 26.4. The van der Waals surface area contributed by atoms with E-state index in [-0.39, 0.29) is 15.4 Å². The molecule has 7 heteroatoms. The molecule has 0 amide bonds. The number of hydrogen-bond donors (Lipinski definition) is 0. The maximum absolute atomic E-state index is 13.2. The van der Waals surface area contributed by atoms with Gasteiger partial charge in [0.05, 0.1) is 22.2 Å². The molecule has 1 heterocycles. The second-order valence-electron chi connectivity index (χ2n) is 6.33. The fraction of sp³-hybridized carbons (Fsp3) is 0. The summed E-state index contributed by atoms with van der Waals surface area (Å²) in [7, 11) is -4.01. The summed E-state index contributed by atoms with van der Waals surface area (Å²) in [4.78, 5) is 14.4. The molecular weight excluding hydrogens is 408 g/mol. The van der Waals surface area contributed by atoms with Gasteiger partial charge in [-0.15, -0.1) is 0 Å². The van der Waals surface area contributed by atoms with Crippen LogP contribution in [0.2, 0.25) is 5.02 Å². The largest absolute Gasteiger partial charge is 0.314 e. The average molecular weight is 421 g/mol. The van der Waals surface area contributed by atoms with Crippen LogP contribution in [-0.4, -0.2) is 14.2 Å². The second kappa shape index (κ2) is 7.21. The lowest BCUT2D eigenvalue weighted by atomic mass is 10.1. The molecule has 0 aromatic heterocycles. The van der Waals surface area contributed by atoms with Crippen molar-refractivity contribution in [3.63, 3.8) is 0 Å². The molecule has 0 bridgehead atoms. The molecule has 1 aliphatic rings. The molecule has 3 aromatic carbocycles. The zero-order valence-corrected chi connectivity index (χ0v) is 16.5. The van der Waals surface area contributed by atoms with Crippen molar-refractivity contribution in [2.45, 2.75) is 4.90 Å². The number of nitrogens with zero attached hydrogens (tertiary/aromatic N) is 2. The number of para-hydroxylation sites is 1. The number of allylic oxidation sites excluding steroid dienone is 1. The first-order valence-corrected chi connectivity index (χ1v) is 10.4. The van der Waals surface area contributed by atoms with Crippen LogP contribution in [0.15, 0.2) is 88.8 Å². The Morgan fingerprint density at radius 2 is 1.59 bits per heavy atom. The molecule has 0 saturated heterocycles. The predicted molar refractivity (Wildman–Crippen MR) is 111 cm³/mol. The first kappa shape index (κ1) is 18.9. The van der Waals surface area contributed by atoms with E-state index in [0.29, 0.717) is 22.0 Å². The van der Waals surface area contributed by atoms with Crippen LogP contribution in [0, 0.1) is 11.3 Å². The number of carbonyl (C=O) groups is 1. The Hall–Kier alpha value is -3.40. The van der Waals surface area contributed by atoms with Crippen molar-refractivity contribution in [3.8, 4) is 6.07 Å². The molecule has 142 valence electrons. The summed E-state index contributed by atoms with van der Waals surface area (Å²) in [6.45, 7) is 0. The number of sulfone groups is 1. The Bertz CT molecular complexity index is 1290. The normalized spacial score (nSPS) is 14.5. The number of halogens is 1. The van der Waals surface area contributed by atoms with Crippen LogP contribution < -0.4 is 4.90 Å². The van der Waals surface area contributed by atoms with Crippen molar-refractivity contribution in [1.82, 2.24) is 0 Å². The molecule has 29 heavy (non-hydrogen) atoms. The SMILES string of the molecule is N#Cc1ccc(N2C=C(C(=O)c3ccc(Cl)cc3)S(=O)(=O)c3ccccc32)cc1. The topological polar surface area (TPSA) is 78.2 Å². The van der Waals surface area contributed by atoms with E-state index in [4.69, 9.17) is 16.9 Å². The van der Waals surface area contributed by atoms with Gasteiger partial charge >= 0.3 is 0 Å². The third kappa shape index (κ3) is 3.31. The zero-order valence-electron chi connectivity index (χ0n) is 14.9. The van der Waals surface area contributed by atoms with Crippen molar-refractivity contribution in [1.29, 1.82) is 5.26 Å². The van der Waals surface area contributed by atoms with E-state index < -0.39 is 15.6 Å². The van der Waals surface area contributed by atoms with E-state index in [2.05, 4.69) is 0 Å². The molecule has 0 spiro atoms. The summed E-state index contributed by atoms with van der Waals surface area (Å²) in [6, 6.07) is 21.3. The minimum Gasteiger partial charge on any atom is -0.314 e. The number of carbonyl (C=O) groups excluding carboxylic acids is 1. The lowest BCUT2D eigenvalue weighted by molar-refractivity contribution is 0.104. The first-order chi connectivity index (χ1) is 13.9. The second-order valence-corrected chi connectivity index (χ2v) is 8.65. The molecule has 3 aromatic rings. The van der Waals surface area contributed by atoms with E-state index in [1.54, 1.807) is 47.4 Å². The number of ketones is 1. The van der Waals surface area contributed by atoms with Crippen molar-refractivity contribution in [3.05, 3.63) is 100 Å². The van der Waals surface area contributed by atoms with Gasteiger partial charge in [-0.2, -0.15) is 5.26 Å². The molecule has 0 saturated carbocycles. The number of hydrogen-bond acceptors (Lipinski definition) is 5. The van der Waals surface area contributed by atoms with E-state index >= 15 is 0 Å². The summed E-state index contributed by atoms with van der Waals surface area (Å²) in [5.74, 6) is -0.616. The van der Waals surface area contributed by atoms with Gasteiger partial charge in [0.15, 0.2) is 0 Å². The molecule has 4 rings (SSSR count). The number of benzene rings is 3. The molecule has 0 atom stereocenters. The van der Waals surface area contributed by atoms with Crippen LogP contribution in [0.5, 0.6) is 0 Å². The summed E-state index contributed by atoms with van der Waals surface area (Å²) in [5, 5.41) is 9.47. The van der Waals surface area contributed by atoms with Crippen LogP contribution in [0.25, 0.3) is 0 Å². The summed E-state index contributed by atoms with van der Waals surface area (Å²) >= 11 is 5.88. The van der Waals surface area contributed by atoms with Crippen LogP contribution in [0.1, 0.15) is 15.9 Å². The Labute approximate surface area is 173 Å². The van der Waals surface area contributed by atoms with Gasteiger partial charge in [-0.1, -0.05) is 23.7 Å². The molecule has 0 N–H and O–H groups in total. The van der Waals surface area contributed by atoms with Crippen molar-refractivity contribution in [2.24, 2.45) is 0 Å². The van der Waals surface area contributed by atoms with Crippen LogP contribution in [0.3, 0.4) is 0 Å². The monoisotopic (exact) mass is 420 g/mol. The van der Waals surface area contributed by atoms with Gasteiger partial charge in [0, 0.05) is 22.5 Å². The smallest absolute Gasteiger partial charge is 0.214 e. The zero-order chi connectivity index (χ0) is 20.6. The highest BCUT2D eigenvalue weighted by atomic mass is 35.5. The van der Waals surface area contributed by atoms with Crippen molar-refractivity contribution >= 4 is 38.6 Å². The summed E-state index contributed by atoms with van der Waals surface area (Å²) in [6.07, 6.45) is 1.33. The molecule has 1 aliphatic heterocycles. The highest BCUT2D eigenvalue weighted by molar-refractivity contribution is 7.96. The number of rotatable bonds is 3. The molecule has 0 radical (unpaired) electrons. The van der Waals surface area contributed by atoms with Crippen LogP contribution >= 0.6 is 11.6 Å². The van der Waals surface area contributed by atoms with Gasteiger partial charge in [0.1, 0.15) is 4.91 Å². The molecule has 0 unspecified atom stereocenters. The van der Waals surface area contributed by atoms with Gasteiger partial charge in [0.2, 0.25) is 15.6 Å². The maximum atomic E-state index is 13.2. The Kier molecular flexibility index (Phi) is 4.71. The minimum atomic E-state index is -4.01. The third-order valence-electron chi connectivity index (χ3n) is 4.55. The van der Waals surface area contributed by atoms with Gasteiger partial charge in [-0.05, 0) is 60.7 Å². The third-order valence-corrected chi connectivity index (χ3v) is 6.60. The highest BCUT2D eigenvalue weighted by Gasteiger charge is 2.35. The first-order valence-electron chi connectivity index (χ1n) is 8.57. The minimum absolute atomic E-state index is 0.0455. The molecule has 5 nitrogen and oxygen atoms in total. The Balaban J connectivity index is 1.90.